The number of ether oxygens (including phenoxy) is 1. The monoisotopic (exact) mass is 695 g/mol. The molecule has 0 saturated heterocycles. The van der Waals surface area contributed by atoms with Crippen molar-refractivity contribution in [1.29, 1.82) is 0 Å². The lowest BCUT2D eigenvalue weighted by atomic mass is 9.64. The molecule has 260 valence electrons. The Hall–Kier alpha value is -3.03. The first-order valence-electron chi connectivity index (χ1n) is 17.2. The number of carbonyl (C=O) groups is 1. The van der Waals surface area contributed by atoms with E-state index in [1.54, 1.807) is 18.2 Å². The van der Waals surface area contributed by atoms with Gasteiger partial charge in [-0.3, -0.25) is 4.79 Å². The van der Waals surface area contributed by atoms with Crippen LogP contribution in [0.4, 0.5) is 5.69 Å². The molecule has 2 aromatic carbocycles. The summed E-state index contributed by atoms with van der Waals surface area (Å²) in [5, 5.41) is 12.0. The predicted octanol–water partition coefficient (Wildman–Crippen LogP) is 5.96. The van der Waals surface area contributed by atoms with Crippen molar-refractivity contribution in [3.63, 3.8) is 0 Å². The van der Waals surface area contributed by atoms with Crippen LogP contribution in [0.25, 0.3) is 0 Å². The van der Waals surface area contributed by atoms with Gasteiger partial charge in [0, 0.05) is 48.0 Å². The van der Waals surface area contributed by atoms with Crippen molar-refractivity contribution >= 4 is 33.2 Å². The van der Waals surface area contributed by atoms with E-state index in [0.29, 0.717) is 31.9 Å². The van der Waals surface area contributed by atoms with Gasteiger partial charge < -0.3 is 19.6 Å². The predicted molar refractivity (Wildman–Crippen MR) is 193 cm³/mol. The number of allylic oxidation sites excluding steroid dienone is 1. The van der Waals surface area contributed by atoms with Crippen LogP contribution in [0.5, 0.6) is 5.75 Å². The van der Waals surface area contributed by atoms with Crippen molar-refractivity contribution in [3.8, 4) is 17.6 Å². The van der Waals surface area contributed by atoms with Gasteiger partial charge in [-0.25, -0.2) is 13.1 Å². The molecule has 1 aliphatic heterocycles. The number of hydrogen-bond donors (Lipinski definition) is 2. The maximum Gasteiger partial charge on any atom is 0.264 e. The first kappa shape index (κ1) is 36.3. The van der Waals surface area contributed by atoms with Crippen molar-refractivity contribution in [2.45, 2.75) is 82.0 Å². The van der Waals surface area contributed by atoms with Crippen LogP contribution in [-0.2, 0) is 21.9 Å². The Morgan fingerprint density at radius 2 is 2.04 bits per heavy atom. The number of aryl methyl sites for hydroxylation is 1. The number of anilines is 1. The number of carbonyl (C=O) groups excluding carboxylic acids is 1. The molecule has 0 radical (unpaired) electrons. The molecule has 2 N–H and O–H groups in total. The van der Waals surface area contributed by atoms with Crippen LogP contribution in [0.1, 0.15) is 80.8 Å². The molecule has 4 atom stereocenters. The minimum Gasteiger partial charge on any atom is -0.490 e. The molecule has 1 saturated carbocycles. The van der Waals surface area contributed by atoms with Gasteiger partial charge in [0.25, 0.3) is 5.91 Å². The molecule has 48 heavy (non-hydrogen) atoms. The fourth-order valence-electron chi connectivity index (χ4n) is 7.25. The second kappa shape index (κ2) is 14.8. The Balaban J connectivity index is 1.52. The van der Waals surface area contributed by atoms with E-state index in [9.17, 15) is 18.3 Å². The fraction of sp³-hybridized carbons (Fsp3) is 0.553. The van der Waals surface area contributed by atoms with E-state index >= 15 is 0 Å². The van der Waals surface area contributed by atoms with Gasteiger partial charge in [-0.05, 0) is 120 Å². The lowest BCUT2D eigenvalue weighted by Crippen LogP contribution is -2.52. The summed E-state index contributed by atoms with van der Waals surface area (Å²) in [7, 11) is 0.216. The molecule has 0 unspecified atom stereocenters. The van der Waals surface area contributed by atoms with E-state index in [-0.39, 0.29) is 22.8 Å². The number of amides is 1. The molecular weight excluding hydrogens is 646 g/mol. The average molecular weight is 696 g/mol. The average Bonchev–Trinajstić information content (AvgIpc) is 3.17. The number of nitrogens with one attached hydrogen (secondary N) is 1. The zero-order valence-corrected chi connectivity index (χ0v) is 30.5. The summed E-state index contributed by atoms with van der Waals surface area (Å²) in [6.07, 6.45) is 10.0. The number of sulfonamides is 1. The lowest BCUT2D eigenvalue weighted by Gasteiger charge is -2.47. The Kier molecular flexibility index (Phi) is 11.2. The van der Waals surface area contributed by atoms with Gasteiger partial charge in [-0.1, -0.05) is 42.5 Å². The Labute approximate surface area is 291 Å². The van der Waals surface area contributed by atoms with Gasteiger partial charge >= 0.3 is 0 Å². The summed E-state index contributed by atoms with van der Waals surface area (Å²) in [6, 6.07) is 11.3. The SMILES string of the molecule is CC/C=C/[C@@](O)(C#CCCN(C)C)[C@@H]1CC[C@H]1CN1C[C@@]2(CCCc3cc(Cl)ccc32)COc2ccc(C(=O)NS(=O)(=O)C(C)C)cc21. The van der Waals surface area contributed by atoms with Gasteiger partial charge in [-0.15, -0.1) is 0 Å². The summed E-state index contributed by atoms with van der Waals surface area (Å²) in [6.45, 7) is 7.69. The maximum atomic E-state index is 13.3. The summed E-state index contributed by atoms with van der Waals surface area (Å²) in [5.41, 5.74) is 1.90. The minimum atomic E-state index is -3.81. The van der Waals surface area contributed by atoms with Crippen LogP contribution in [-0.4, -0.2) is 75.5 Å². The summed E-state index contributed by atoms with van der Waals surface area (Å²) < 4.78 is 34.0. The summed E-state index contributed by atoms with van der Waals surface area (Å²) in [5.74, 6) is 6.54. The number of hydrogen-bond acceptors (Lipinski definition) is 7. The van der Waals surface area contributed by atoms with Crippen molar-refractivity contribution in [2.75, 3.05) is 45.2 Å². The molecule has 5 rings (SSSR count). The van der Waals surface area contributed by atoms with E-state index in [4.69, 9.17) is 16.3 Å². The zero-order valence-electron chi connectivity index (χ0n) is 28.9. The second-order valence-electron chi connectivity index (χ2n) is 14.2. The van der Waals surface area contributed by atoms with E-state index < -0.39 is 26.8 Å². The van der Waals surface area contributed by atoms with Crippen molar-refractivity contribution in [3.05, 3.63) is 70.3 Å². The molecule has 1 heterocycles. The molecule has 1 fully saturated rings. The smallest absolute Gasteiger partial charge is 0.264 e. The largest absolute Gasteiger partial charge is 0.490 e. The van der Waals surface area contributed by atoms with Gasteiger partial charge in [0.15, 0.2) is 0 Å². The number of benzene rings is 2. The molecule has 2 aromatic rings. The highest BCUT2D eigenvalue weighted by molar-refractivity contribution is 7.90. The standard InChI is InChI=1S/C38H50ClN3O5S/c1-6-7-19-38(44,20-8-9-21-41(4)5)33-15-12-30(33)24-42-25-37(18-10-11-28-22-31(39)14-16-32(28)37)26-47-35-17-13-29(23-34(35)42)36(43)40-48(45,46)27(2)3/h7,13-14,16-17,19,22-23,27,30,33,44H,6,9-12,15,18,21,24-26H2,1-5H3,(H,40,43)/b19-7+/t30-,33+,37-,38+/m0/s1. The number of rotatable bonds is 10. The molecule has 8 nitrogen and oxygen atoms in total. The Morgan fingerprint density at radius 3 is 2.73 bits per heavy atom. The van der Waals surface area contributed by atoms with Crippen LogP contribution in [0, 0.1) is 23.7 Å². The molecular formula is C38H50ClN3O5S. The van der Waals surface area contributed by atoms with Crippen LogP contribution in [0.3, 0.4) is 0 Å². The van der Waals surface area contributed by atoms with E-state index in [0.717, 1.165) is 55.8 Å². The minimum absolute atomic E-state index is 0.0594. The van der Waals surface area contributed by atoms with Gasteiger partial charge in [-0.2, -0.15) is 0 Å². The first-order valence-corrected chi connectivity index (χ1v) is 19.1. The molecule has 2 aliphatic carbocycles. The molecule has 3 aliphatic rings. The third kappa shape index (κ3) is 7.89. The van der Waals surface area contributed by atoms with E-state index in [1.165, 1.54) is 25.0 Å². The highest BCUT2D eigenvalue weighted by atomic mass is 35.5. The van der Waals surface area contributed by atoms with Crippen molar-refractivity contribution < 1.29 is 23.1 Å². The third-order valence-corrected chi connectivity index (χ3v) is 12.1. The second-order valence-corrected chi connectivity index (χ2v) is 16.9. The number of aliphatic hydroxyl groups is 1. The number of nitrogens with zero attached hydrogens (tertiary/aromatic N) is 2. The highest BCUT2D eigenvalue weighted by Crippen LogP contribution is 2.48. The Morgan fingerprint density at radius 1 is 1.25 bits per heavy atom. The number of fused-ring (bicyclic) bond motifs is 3. The first-order chi connectivity index (χ1) is 22.8. The topological polar surface area (TPSA) is 99.2 Å². The van der Waals surface area contributed by atoms with E-state index in [2.05, 4.69) is 45.4 Å². The highest BCUT2D eigenvalue weighted by Gasteiger charge is 2.47. The zero-order chi connectivity index (χ0) is 34.7. The van der Waals surface area contributed by atoms with Crippen LogP contribution in [0.15, 0.2) is 48.6 Å². The quantitative estimate of drug-likeness (QED) is 0.234. The van der Waals surface area contributed by atoms with Gasteiger partial charge in [0.05, 0.1) is 17.5 Å². The molecule has 0 bridgehead atoms. The van der Waals surface area contributed by atoms with Gasteiger partial charge in [0.1, 0.15) is 11.4 Å². The van der Waals surface area contributed by atoms with Crippen LogP contribution >= 0.6 is 11.6 Å². The lowest BCUT2D eigenvalue weighted by molar-refractivity contribution is -0.00320. The van der Waals surface area contributed by atoms with Gasteiger partial charge in [0.2, 0.25) is 10.0 Å². The Bertz CT molecular complexity index is 1700. The maximum absolute atomic E-state index is 13.3. The van der Waals surface area contributed by atoms with Crippen molar-refractivity contribution in [1.82, 2.24) is 9.62 Å². The molecule has 1 spiro atoms. The molecule has 10 heteroatoms. The summed E-state index contributed by atoms with van der Waals surface area (Å²) >= 11 is 6.44. The summed E-state index contributed by atoms with van der Waals surface area (Å²) in [4.78, 5) is 17.6. The van der Waals surface area contributed by atoms with Crippen molar-refractivity contribution in [2.24, 2.45) is 11.8 Å². The fourth-order valence-corrected chi connectivity index (χ4v) is 8.06. The third-order valence-electron chi connectivity index (χ3n) is 10.2. The van der Waals surface area contributed by atoms with Crippen LogP contribution in [0.2, 0.25) is 5.02 Å². The number of halogens is 1. The van der Waals surface area contributed by atoms with E-state index in [1.807, 2.05) is 32.3 Å². The van der Waals surface area contributed by atoms with Crippen LogP contribution < -0.4 is 14.4 Å². The molecule has 0 aromatic heterocycles. The normalized spacial score (nSPS) is 23.4. The molecule has 1 amide bonds.